The number of hydrogen-bond acceptors (Lipinski definition) is 4. The Balaban J connectivity index is 2.17. The van der Waals surface area contributed by atoms with E-state index in [0.29, 0.717) is 5.65 Å². The monoisotopic (exact) mass is 226 g/mol. The number of nitrogens with one attached hydrogen (secondary N) is 1. The van der Waals surface area contributed by atoms with E-state index in [4.69, 9.17) is 0 Å². The summed E-state index contributed by atoms with van der Waals surface area (Å²) < 4.78 is 0. The molecule has 0 amide bonds. The first-order valence-electron chi connectivity index (χ1n) is 5.20. The number of phenols is 1. The Morgan fingerprint density at radius 2 is 2.18 bits per heavy atom. The fourth-order valence-electron chi connectivity index (χ4n) is 1.70. The Morgan fingerprint density at radius 1 is 1.29 bits per heavy atom. The Bertz CT molecular complexity index is 657. The van der Waals surface area contributed by atoms with Crippen molar-refractivity contribution in [3.05, 3.63) is 36.3 Å². The van der Waals surface area contributed by atoms with Gasteiger partial charge in [-0.05, 0) is 30.7 Å². The molecule has 0 aliphatic carbocycles. The fraction of sp³-hybridized carbons (Fsp3) is 0.0833. The predicted octanol–water partition coefficient (Wildman–Crippen LogP) is 2.03. The molecule has 1 aromatic carbocycles. The van der Waals surface area contributed by atoms with Crippen LogP contribution in [0.15, 0.2) is 30.7 Å². The summed E-state index contributed by atoms with van der Waals surface area (Å²) in [4.78, 5) is 15.5. The summed E-state index contributed by atoms with van der Waals surface area (Å²) in [5.74, 6) is 1.01. The van der Waals surface area contributed by atoms with Gasteiger partial charge < -0.3 is 10.1 Å². The quantitative estimate of drug-likeness (QED) is 0.665. The molecule has 5 heteroatoms. The van der Waals surface area contributed by atoms with Gasteiger partial charge >= 0.3 is 0 Å². The third-order valence-corrected chi connectivity index (χ3v) is 2.63. The van der Waals surface area contributed by atoms with E-state index < -0.39 is 0 Å². The highest BCUT2D eigenvalue weighted by atomic mass is 16.3. The van der Waals surface area contributed by atoms with Crippen LogP contribution in [0.25, 0.3) is 22.6 Å². The Kier molecular flexibility index (Phi) is 2.04. The standard InChI is InChI=1S/C12H10N4O/c1-7-4-8(2-3-10(7)17)11-15-9-5-13-6-14-12(9)16-11/h2-6,17H,1H3,(H,13,14,15,16). The topological polar surface area (TPSA) is 74.7 Å². The molecule has 0 atom stereocenters. The van der Waals surface area contributed by atoms with E-state index in [0.717, 1.165) is 22.5 Å². The molecule has 2 heterocycles. The first-order chi connectivity index (χ1) is 8.24. The number of fused-ring (bicyclic) bond motifs is 1. The second-order valence-corrected chi connectivity index (χ2v) is 3.85. The maximum atomic E-state index is 9.48. The number of aromatic nitrogens is 4. The molecule has 0 aliphatic heterocycles. The van der Waals surface area contributed by atoms with Gasteiger partial charge in [0.25, 0.3) is 0 Å². The molecule has 0 unspecified atom stereocenters. The molecule has 0 radical (unpaired) electrons. The van der Waals surface area contributed by atoms with Crippen molar-refractivity contribution in [2.24, 2.45) is 0 Å². The molecular formula is C12H10N4O. The van der Waals surface area contributed by atoms with Crippen molar-refractivity contribution in [1.82, 2.24) is 19.9 Å². The molecule has 0 fully saturated rings. The molecule has 0 saturated heterocycles. The van der Waals surface area contributed by atoms with Gasteiger partial charge in [0.15, 0.2) is 5.65 Å². The van der Waals surface area contributed by atoms with Crippen LogP contribution < -0.4 is 0 Å². The van der Waals surface area contributed by atoms with Crippen LogP contribution in [0.5, 0.6) is 5.75 Å². The van der Waals surface area contributed by atoms with Crippen molar-refractivity contribution in [2.75, 3.05) is 0 Å². The van der Waals surface area contributed by atoms with Crippen molar-refractivity contribution in [3.63, 3.8) is 0 Å². The zero-order valence-electron chi connectivity index (χ0n) is 9.18. The van der Waals surface area contributed by atoms with Crippen LogP contribution in [0.2, 0.25) is 0 Å². The minimum atomic E-state index is 0.282. The maximum Gasteiger partial charge on any atom is 0.181 e. The normalized spacial score (nSPS) is 10.9. The molecule has 0 bridgehead atoms. The number of nitrogens with zero attached hydrogens (tertiary/aromatic N) is 3. The van der Waals surface area contributed by atoms with Crippen LogP contribution in [-0.2, 0) is 0 Å². The van der Waals surface area contributed by atoms with Crippen LogP contribution >= 0.6 is 0 Å². The number of imidazole rings is 1. The van der Waals surface area contributed by atoms with Gasteiger partial charge in [-0.2, -0.15) is 0 Å². The van der Waals surface area contributed by atoms with Crippen LogP contribution in [0.1, 0.15) is 5.56 Å². The summed E-state index contributed by atoms with van der Waals surface area (Å²) in [6.45, 7) is 1.85. The van der Waals surface area contributed by atoms with E-state index >= 15 is 0 Å². The zero-order valence-corrected chi connectivity index (χ0v) is 9.18. The Hall–Kier alpha value is -2.43. The molecular weight excluding hydrogens is 216 g/mol. The predicted molar refractivity (Wildman–Crippen MR) is 63.5 cm³/mol. The van der Waals surface area contributed by atoms with Gasteiger partial charge in [-0.1, -0.05) is 0 Å². The molecule has 0 aliphatic rings. The van der Waals surface area contributed by atoms with Gasteiger partial charge in [-0.25, -0.2) is 15.0 Å². The lowest BCUT2D eigenvalue weighted by Crippen LogP contribution is -1.82. The number of aromatic hydroxyl groups is 1. The SMILES string of the molecule is Cc1cc(-c2nc3ncncc3[nH]2)ccc1O. The number of phenolic OH excluding ortho intramolecular Hbond substituents is 1. The number of H-pyrrole nitrogens is 1. The molecule has 2 aromatic heterocycles. The lowest BCUT2D eigenvalue weighted by atomic mass is 10.1. The van der Waals surface area contributed by atoms with Crippen molar-refractivity contribution < 1.29 is 5.11 Å². The van der Waals surface area contributed by atoms with Crippen LogP contribution in [-0.4, -0.2) is 25.0 Å². The summed E-state index contributed by atoms with van der Waals surface area (Å²) in [5, 5.41) is 9.48. The molecule has 3 aromatic rings. The highest BCUT2D eigenvalue weighted by Crippen LogP contribution is 2.24. The molecule has 0 spiro atoms. The van der Waals surface area contributed by atoms with Gasteiger partial charge in [-0.3, -0.25) is 0 Å². The summed E-state index contributed by atoms with van der Waals surface area (Å²) in [5.41, 5.74) is 3.17. The second-order valence-electron chi connectivity index (χ2n) is 3.85. The Morgan fingerprint density at radius 3 is 2.94 bits per heavy atom. The van der Waals surface area contributed by atoms with E-state index in [1.807, 2.05) is 19.1 Å². The highest BCUT2D eigenvalue weighted by molar-refractivity contribution is 5.75. The minimum absolute atomic E-state index is 0.282. The van der Waals surface area contributed by atoms with Crippen LogP contribution in [0.4, 0.5) is 0 Å². The lowest BCUT2D eigenvalue weighted by Gasteiger charge is -2.00. The third kappa shape index (κ3) is 1.61. The third-order valence-electron chi connectivity index (χ3n) is 2.63. The summed E-state index contributed by atoms with van der Waals surface area (Å²) >= 11 is 0. The average Bonchev–Trinajstić information content (AvgIpc) is 2.76. The van der Waals surface area contributed by atoms with Gasteiger partial charge in [-0.15, -0.1) is 0 Å². The average molecular weight is 226 g/mol. The molecule has 84 valence electrons. The highest BCUT2D eigenvalue weighted by Gasteiger charge is 2.07. The number of benzene rings is 1. The molecule has 3 rings (SSSR count). The zero-order chi connectivity index (χ0) is 11.8. The molecule has 0 saturated carbocycles. The van der Waals surface area contributed by atoms with Crippen LogP contribution in [0, 0.1) is 6.92 Å². The van der Waals surface area contributed by atoms with Crippen molar-refractivity contribution >= 4 is 11.2 Å². The number of hydrogen-bond donors (Lipinski definition) is 2. The summed E-state index contributed by atoms with van der Waals surface area (Å²) in [6, 6.07) is 5.34. The van der Waals surface area contributed by atoms with Gasteiger partial charge in [0.05, 0.1) is 6.20 Å². The lowest BCUT2D eigenvalue weighted by molar-refractivity contribution is 0.471. The fourth-order valence-corrected chi connectivity index (χ4v) is 1.70. The smallest absolute Gasteiger partial charge is 0.181 e. The first-order valence-corrected chi connectivity index (χ1v) is 5.20. The summed E-state index contributed by atoms with van der Waals surface area (Å²) in [7, 11) is 0. The van der Waals surface area contributed by atoms with Crippen LogP contribution in [0.3, 0.4) is 0 Å². The number of aromatic amines is 1. The number of rotatable bonds is 1. The van der Waals surface area contributed by atoms with Gasteiger partial charge in [0.1, 0.15) is 23.4 Å². The van der Waals surface area contributed by atoms with Crippen molar-refractivity contribution in [2.45, 2.75) is 6.92 Å². The van der Waals surface area contributed by atoms with Crippen molar-refractivity contribution in [3.8, 4) is 17.1 Å². The molecule has 17 heavy (non-hydrogen) atoms. The summed E-state index contributed by atoms with van der Waals surface area (Å²) in [6.07, 6.45) is 3.15. The minimum Gasteiger partial charge on any atom is -0.508 e. The second kappa shape index (κ2) is 3.55. The van der Waals surface area contributed by atoms with Crippen molar-refractivity contribution in [1.29, 1.82) is 0 Å². The first kappa shape index (κ1) is 9.77. The van der Waals surface area contributed by atoms with E-state index in [2.05, 4.69) is 19.9 Å². The van der Waals surface area contributed by atoms with E-state index in [1.165, 1.54) is 6.33 Å². The van der Waals surface area contributed by atoms with E-state index in [-0.39, 0.29) is 5.75 Å². The van der Waals surface area contributed by atoms with E-state index in [9.17, 15) is 5.11 Å². The molecule has 2 N–H and O–H groups in total. The Labute approximate surface area is 97.2 Å². The van der Waals surface area contributed by atoms with E-state index in [1.54, 1.807) is 12.3 Å². The molecule has 5 nitrogen and oxygen atoms in total. The van der Waals surface area contributed by atoms with Gasteiger partial charge in [0.2, 0.25) is 0 Å². The largest absolute Gasteiger partial charge is 0.508 e. The van der Waals surface area contributed by atoms with Gasteiger partial charge in [0, 0.05) is 5.56 Å². The number of aryl methyl sites for hydroxylation is 1. The maximum absolute atomic E-state index is 9.48.